The molecule has 0 spiro atoms. The molecular formula is C14H24N4OS. The van der Waals surface area contributed by atoms with Crippen LogP contribution in [-0.2, 0) is 0 Å². The molecule has 112 valence electrons. The van der Waals surface area contributed by atoms with Crippen molar-refractivity contribution in [2.45, 2.75) is 33.1 Å². The number of amides is 1. The standard InChI is InChI=1S/C14H24N4OS/c1-5-6-15-11-9-17-13(10(2)3)18-12(11)14(19)16-7-8-20-4/h9-10,15H,5-8H2,1-4H3,(H,16,19). The zero-order valence-electron chi connectivity index (χ0n) is 12.7. The Morgan fingerprint density at radius 2 is 2.15 bits per heavy atom. The van der Waals surface area contributed by atoms with Crippen molar-refractivity contribution in [1.82, 2.24) is 15.3 Å². The van der Waals surface area contributed by atoms with Gasteiger partial charge in [0.1, 0.15) is 5.82 Å². The number of rotatable bonds is 8. The number of carbonyl (C=O) groups excluding carboxylic acids is 1. The van der Waals surface area contributed by atoms with Crippen LogP contribution in [0.25, 0.3) is 0 Å². The molecule has 1 rings (SSSR count). The second-order valence-corrected chi connectivity index (χ2v) is 5.81. The predicted molar refractivity (Wildman–Crippen MR) is 85.6 cm³/mol. The highest BCUT2D eigenvalue weighted by Gasteiger charge is 2.16. The molecule has 20 heavy (non-hydrogen) atoms. The maximum Gasteiger partial charge on any atom is 0.272 e. The first kappa shape index (κ1) is 16.8. The Morgan fingerprint density at radius 3 is 2.75 bits per heavy atom. The first-order chi connectivity index (χ1) is 9.60. The third kappa shape index (κ3) is 5.00. The Hall–Kier alpha value is -1.30. The van der Waals surface area contributed by atoms with Gasteiger partial charge >= 0.3 is 0 Å². The maximum atomic E-state index is 12.2. The van der Waals surface area contributed by atoms with E-state index in [2.05, 4.69) is 27.5 Å². The van der Waals surface area contributed by atoms with Gasteiger partial charge in [0.2, 0.25) is 0 Å². The average molecular weight is 296 g/mol. The van der Waals surface area contributed by atoms with E-state index in [1.165, 1.54) is 0 Å². The van der Waals surface area contributed by atoms with Gasteiger partial charge in [0.15, 0.2) is 5.69 Å². The zero-order valence-corrected chi connectivity index (χ0v) is 13.5. The number of nitrogens with one attached hydrogen (secondary N) is 2. The summed E-state index contributed by atoms with van der Waals surface area (Å²) in [7, 11) is 0. The van der Waals surface area contributed by atoms with Crippen LogP contribution >= 0.6 is 11.8 Å². The minimum absolute atomic E-state index is 0.137. The molecular weight excluding hydrogens is 272 g/mol. The normalized spacial score (nSPS) is 10.7. The number of anilines is 1. The van der Waals surface area contributed by atoms with Crippen LogP contribution < -0.4 is 10.6 Å². The summed E-state index contributed by atoms with van der Waals surface area (Å²) < 4.78 is 0. The highest BCUT2D eigenvalue weighted by molar-refractivity contribution is 7.98. The minimum Gasteiger partial charge on any atom is -0.382 e. The van der Waals surface area contributed by atoms with Gasteiger partial charge in [-0.25, -0.2) is 9.97 Å². The van der Waals surface area contributed by atoms with E-state index in [1.807, 2.05) is 20.1 Å². The molecule has 0 aromatic carbocycles. The van der Waals surface area contributed by atoms with Crippen LogP contribution in [0.5, 0.6) is 0 Å². The summed E-state index contributed by atoms with van der Waals surface area (Å²) in [5, 5.41) is 6.10. The third-order valence-electron chi connectivity index (χ3n) is 2.70. The van der Waals surface area contributed by atoms with Gasteiger partial charge in [-0.2, -0.15) is 11.8 Å². The lowest BCUT2D eigenvalue weighted by atomic mass is 10.2. The van der Waals surface area contributed by atoms with Crippen LogP contribution in [0, 0.1) is 0 Å². The first-order valence-electron chi connectivity index (χ1n) is 6.98. The van der Waals surface area contributed by atoms with Crippen LogP contribution in [0.15, 0.2) is 6.20 Å². The molecule has 0 saturated carbocycles. The second-order valence-electron chi connectivity index (χ2n) is 4.82. The molecule has 5 nitrogen and oxygen atoms in total. The number of nitrogens with zero attached hydrogens (tertiary/aromatic N) is 2. The van der Waals surface area contributed by atoms with Crippen LogP contribution in [-0.4, -0.2) is 41.0 Å². The molecule has 1 aromatic rings. The Morgan fingerprint density at radius 1 is 1.40 bits per heavy atom. The molecule has 0 aliphatic heterocycles. The van der Waals surface area contributed by atoms with Gasteiger partial charge < -0.3 is 10.6 Å². The van der Waals surface area contributed by atoms with Crippen molar-refractivity contribution in [1.29, 1.82) is 0 Å². The van der Waals surface area contributed by atoms with E-state index in [0.717, 1.165) is 18.7 Å². The maximum absolute atomic E-state index is 12.2. The third-order valence-corrected chi connectivity index (χ3v) is 3.31. The molecule has 2 N–H and O–H groups in total. The van der Waals surface area contributed by atoms with Gasteiger partial charge in [-0.15, -0.1) is 0 Å². The van der Waals surface area contributed by atoms with Crippen molar-refractivity contribution in [2.24, 2.45) is 0 Å². The number of hydrogen-bond acceptors (Lipinski definition) is 5. The van der Waals surface area contributed by atoms with Crippen molar-refractivity contribution < 1.29 is 4.79 Å². The molecule has 1 amide bonds. The fourth-order valence-electron chi connectivity index (χ4n) is 1.59. The molecule has 0 fully saturated rings. The summed E-state index contributed by atoms with van der Waals surface area (Å²) in [5.74, 6) is 1.66. The average Bonchev–Trinajstić information content (AvgIpc) is 2.44. The first-order valence-corrected chi connectivity index (χ1v) is 8.37. The Labute approximate surface area is 125 Å². The molecule has 6 heteroatoms. The molecule has 0 saturated heterocycles. The molecule has 0 unspecified atom stereocenters. The van der Waals surface area contributed by atoms with Gasteiger partial charge in [0.05, 0.1) is 11.9 Å². The van der Waals surface area contributed by atoms with Gasteiger partial charge in [-0.3, -0.25) is 4.79 Å². The van der Waals surface area contributed by atoms with Crippen LogP contribution in [0.1, 0.15) is 49.4 Å². The Balaban J connectivity index is 2.91. The lowest BCUT2D eigenvalue weighted by molar-refractivity contribution is 0.0951. The minimum atomic E-state index is -0.137. The lowest BCUT2D eigenvalue weighted by Gasteiger charge is -2.13. The van der Waals surface area contributed by atoms with E-state index >= 15 is 0 Å². The molecule has 1 heterocycles. The molecule has 0 aliphatic rings. The van der Waals surface area contributed by atoms with E-state index in [-0.39, 0.29) is 11.8 Å². The predicted octanol–water partition coefficient (Wildman–Crippen LogP) is 2.51. The molecule has 0 radical (unpaired) electrons. The highest BCUT2D eigenvalue weighted by Crippen LogP contribution is 2.16. The smallest absolute Gasteiger partial charge is 0.272 e. The number of hydrogen-bond donors (Lipinski definition) is 2. The van der Waals surface area contributed by atoms with Gasteiger partial charge in [-0.05, 0) is 12.7 Å². The van der Waals surface area contributed by atoms with Crippen molar-refractivity contribution >= 4 is 23.4 Å². The topological polar surface area (TPSA) is 66.9 Å². The van der Waals surface area contributed by atoms with E-state index in [4.69, 9.17) is 0 Å². The van der Waals surface area contributed by atoms with E-state index in [1.54, 1.807) is 18.0 Å². The summed E-state index contributed by atoms with van der Waals surface area (Å²) in [5.41, 5.74) is 1.15. The number of aromatic nitrogens is 2. The van der Waals surface area contributed by atoms with E-state index in [0.29, 0.717) is 23.8 Å². The fourth-order valence-corrected chi connectivity index (χ4v) is 1.89. The van der Waals surface area contributed by atoms with Gasteiger partial charge in [0.25, 0.3) is 5.91 Å². The summed E-state index contributed by atoms with van der Waals surface area (Å²) in [6.07, 6.45) is 4.71. The Kier molecular flexibility index (Phi) is 7.36. The monoisotopic (exact) mass is 296 g/mol. The highest BCUT2D eigenvalue weighted by atomic mass is 32.2. The van der Waals surface area contributed by atoms with Crippen molar-refractivity contribution in [2.75, 3.05) is 30.4 Å². The lowest BCUT2D eigenvalue weighted by Crippen LogP contribution is -2.28. The van der Waals surface area contributed by atoms with Crippen molar-refractivity contribution in [3.8, 4) is 0 Å². The van der Waals surface area contributed by atoms with E-state index in [9.17, 15) is 4.79 Å². The van der Waals surface area contributed by atoms with E-state index < -0.39 is 0 Å². The van der Waals surface area contributed by atoms with Crippen LogP contribution in [0.3, 0.4) is 0 Å². The SMILES string of the molecule is CCCNc1cnc(C(C)C)nc1C(=O)NCCSC. The second kappa shape index (κ2) is 8.79. The van der Waals surface area contributed by atoms with Crippen molar-refractivity contribution in [3.05, 3.63) is 17.7 Å². The van der Waals surface area contributed by atoms with Crippen LogP contribution in [0.4, 0.5) is 5.69 Å². The fraction of sp³-hybridized carbons (Fsp3) is 0.643. The summed E-state index contributed by atoms with van der Waals surface area (Å²) >= 11 is 1.70. The van der Waals surface area contributed by atoms with Gasteiger partial charge in [-0.1, -0.05) is 20.8 Å². The molecule has 0 bridgehead atoms. The molecule has 0 atom stereocenters. The Bertz CT molecular complexity index is 437. The largest absolute Gasteiger partial charge is 0.382 e. The molecule has 1 aromatic heterocycles. The summed E-state index contributed by atoms with van der Waals surface area (Å²) in [6, 6.07) is 0. The molecule has 0 aliphatic carbocycles. The number of carbonyl (C=O) groups is 1. The summed E-state index contributed by atoms with van der Waals surface area (Å²) in [4.78, 5) is 21.0. The number of thioether (sulfide) groups is 1. The van der Waals surface area contributed by atoms with Crippen LogP contribution in [0.2, 0.25) is 0 Å². The quantitative estimate of drug-likeness (QED) is 0.722. The zero-order chi connectivity index (χ0) is 15.0. The summed E-state index contributed by atoms with van der Waals surface area (Å²) in [6.45, 7) is 7.56. The van der Waals surface area contributed by atoms with Crippen molar-refractivity contribution in [3.63, 3.8) is 0 Å². The van der Waals surface area contributed by atoms with Gasteiger partial charge in [0, 0.05) is 24.8 Å².